The van der Waals surface area contributed by atoms with Crippen molar-refractivity contribution in [2.75, 3.05) is 0 Å². The summed E-state index contributed by atoms with van der Waals surface area (Å²) in [6, 6.07) is 14.0. The Hall–Kier alpha value is -1.19. The summed E-state index contributed by atoms with van der Waals surface area (Å²) in [5, 5.41) is 10.0. The Bertz CT molecular complexity index is 499. The maximum Gasteiger partial charge on any atom is 0.126 e. The fraction of sp³-hybridized carbons (Fsp3) is 0.143. The molecule has 1 atom stereocenters. The van der Waals surface area contributed by atoms with Crippen LogP contribution in [0.3, 0.4) is 0 Å². The van der Waals surface area contributed by atoms with Crippen molar-refractivity contribution in [3.05, 3.63) is 69.9 Å². The standard InChI is InChI=1S/C14H12BrFO/c15-12-6-7-13(16)11(8-12)9-14(17)10-4-2-1-3-5-10/h1-8,14,17H,9H2. The number of rotatable bonds is 3. The Labute approximate surface area is 108 Å². The Morgan fingerprint density at radius 2 is 1.82 bits per heavy atom. The van der Waals surface area contributed by atoms with Crippen LogP contribution in [0.1, 0.15) is 17.2 Å². The van der Waals surface area contributed by atoms with Gasteiger partial charge in [0.1, 0.15) is 5.82 Å². The lowest BCUT2D eigenvalue weighted by Gasteiger charge is -2.11. The first-order valence-electron chi connectivity index (χ1n) is 5.34. The summed E-state index contributed by atoms with van der Waals surface area (Å²) < 4.78 is 14.3. The Kier molecular flexibility index (Phi) is 3.92. The van der Waals surface area contributed by atoms with Gasteiger partial charge in [-0.2, -0.15) is 0 Å². The summed E-state index contributed by atoms with van der Waals surface area (Å²) in [6.07, 6.45) is -0.407. The van der Waals surface area contributed by atoms with Crippen LogP contribution in [-0.4, -0.2) is 5.11 Å². The van der Waals surface area contributed by atoms with Gasteiger partial charge in [0.2, 0.25) is 0 Å². The molecule has 88 valence electrons. The molecule has 2 aromatic rings. The molecule has 0 heterocycles. The van der Waals surface area contributed by atoms with E-state index >= 15 is 0 Å². The first-order valence-corrected chi connectivity index (χ1v) is 6.13. The minimum absolute atomic E-state index is 0.273. The molecular weight excluding hydrogens is 283 g/mol. The van der Waals surface area contributed by atoms with E-state index in [1.807, 2.05) is 30.3 Å². The normalized spacial score (nSPS) is 12.4. The van der Waals surface area contributed by atoms with Gasteiger partial charge in [0.25, 0.3) is 0 Å². The fourth-order valence-corrected chi connectivity index (χ4v) is 2.11. The summed E-state index contributed by atoms with van der Waals surface area (Å²) in [5.74, 6) is -0.289. The molecule has 0 saturated heterocycles. The Morgan fingerprint density at radius 1 is 1.12 bits per heavy atom. The summed E-state index contributed by atoms with van der Waals surface area (Å²) >= 11 is 3.29. The SMILES string of the molecule is OC(Cc1cc(Br)ccc1F)c1ccccc1. The average Bonchev–Trinajstić information content (AvgIpc) is 2.35. The van der Waals surface area contributed by atoms with Crippen molar-refractivity contribution >= 4 is 15.9 Å². The van der Waals surface area contributed by atoms with Crippen LogP contribution in [0.5, 0.6) is 0 Å². The van der Waals surface area contributed by atoms with Crippen LogP contribution in [0, 0.1) is 5.82 Å². The third-order valence-corrected chi connectivity index (χ3v) is 3.10. The highest BCUT2D eigenvalue weighted by Crippen LogP contribution is 2.22. The third kappa shape index (κ3) is 3.14. The van der Waals surface area contributed by atoms with Gasteiger partial charge in [-0.05, 0) is 29.3 Å². The van der Waals surface area contributed by atoms with Crippen LogP contribution < -0.4 is 0 Å². The minimum Gasteiger partial charge on any atom is -0.388 e. The van der Waals surface area contributed by atoms with E-state index in [9.17, 15) is 9.50 Å². The van der Waals surface area contributed by atoms with Crippen LogP contribution in [0.4, 0.5) is 4.39 Å². The van der Waals surface area contributed by atoms with E-state index in [1.54, 1.807) is 12.1 Å². The molecule has 0 aliphatic carbocycles. The highest BCUT2D eigenvalue weighted by Gasteiger charge is 2.11. The molecule has 0 aliphatic heterocycles. The van der Waals surface area contributed by atoms with Crippen LogP contribution in [-0.2, 0) is 6.42 Å². The van der Waals surface area contributed by atoms with Gasteiger partial charge >= 0.3 is 0 Å². The molecule has 2 aromatic carbocycles. The second-order valence-corrected chi connectivity index (χ2v) is 4.78. The molecule has 0 spiro atoms. The number of hydrogen-bond donors (Lipinski definition) is 1. The molecule has 0 aromatic heterocycles. The molecule has 0 amide bonds. The van der Waals surface area contributed by atoms with Gasteiger partial charge in [-0.1, -0.05) is 46.3 Å². The van der Waals surface area contributed by atoms with Crippen molar-refractivity contribution in [2.24, 2.45) is 0 Å². The summed E-state index contributed by atoms with van der Waals surface area (Å²) in [6.45, 7) is 0. The summed E-state index contributed by atoms with van der Waals surface area (Å²) in [4.78, 5) is 0. The highest BCUT2D eigenvalue weighted by atomic mass is 79.9. The topological polar surface area (TPSA) is 20.2 Å². The second kappa shape index (κ2) is 5.43. The number of hydrogen-bond acceptors (Lipinski definition) is 1. The lowest BCUT2D eigenvalue weighted by Crippen LogP contribution is -2.03. The number of halogens is 2. The smallest absolute Gasteiger partial charge is 0.126 e. The van der Waals surface area contributed by atoms with E-state index in [1.165, 1.54) is 6.07 Å². The molecule has 1 nitrogen and oxygen atoms in total. The van der Waals surface area contributed by atoms with E-state index in [2.05, 4.69) is 15.9 Å². The van der Waals surface area contributed by atoms with Gasteiger partial charge < -0.3 is 5.11 Å². The van der Waals surface area contributed by atoms with Crippen LogP contribution in [0.25, 0.3) is 0 Å². The van der Waals surface area contributed by atoms with Crippen molar-refractivity contribution in [3.8, 4) is 0 Å². The van der Waals surface area contributed by atoms with Crippen molar-refractivity contribution in [1.82, 2.24) is 0 Å². The Morgan fingerprint density at radius 3 is 2.53 bits per heavy atom. The lowest BCUT2D eigenvalue weighted by molar-refractivity contribution is 0.177. The first-order chi connectivity index (χ1) is 8.16. The van der Waals surface area contributed by atoms with Gasteiger partial charge in [-0.3, -0.25) is 0 Å². The van der Waals surface area contributed by atoms with E-state index in [0.717, 1.165) is 10.0 Å². The van der Waals surface area contributed by atoms with Crippen molar-refractivity contribution in [2.45, 2.75) is 12.5 Å². The van der Waals surface area contributed by atoms with E-state index in [4.69, 9.17) is 0 Å². The minimum atomic E-state index is -0.681. The molecule has 0 bridgehead atoms. The predicted octanol–water partition coefficient (Wildman–Crippen LogP) is 3.86. The largest absolute Gasteiger partial charge is 0.388 e. The number of benzene rings is 2. The van der Waals surface area contributed by atoms with Crippen LogP contribution in [0.2, 0.25) is 0 Å². The molecule has 1 unspecified atom stereocenters. The molecule has 3 heteroatoms. The third-order valence-electron chi connectivity index (χ3n) is 2.61. The van der Waals surface area contributed by atoms with Crippen molar-refractivity contribution in [3.63, 3.8) is 0 Å². The predicted molar refractivity (Wildman–Crippen MR) is 69.2 cm³/mol. The van der Waals surface area contributed by atoms with E-state index in [0.29, 0.717) is 5.56 Å². The van der Waals surface area contributed by atoms with Gasteiger partial charge in [-0.15, -0.1) is 0 Å². The van der Waals surface area contributed by atoms with Crippen molar-refractivity contribution in [1.29, 1.82) is 0 Å². The van der Waals surface area contributed by atoms with Crippen LogP contribution >= 0.6 is 15.9 Å². The highest BCUT2D eigenvalue weighted by molar-refractivity contribution is 9.10. The summed E-state index contributed by atoms with van der Waals surface area (Å²) in [5.41, 5.74) is 1.31. The molecule has 17 heavy (non-hydrogen) atoms. The van der Waals surface area contributed by atoms with Crippen molar-refractivity contribution < 1.29 is 9.50 Å². The quantitative estimate of drug-likeness (QED) is 0.911. The molecule has 2 rings (SSSR count). The average molecular weight is 295 g/mol. The van der Waals surface area contributed by atoms with E-state index in [-0.39, 0.29) is 12.2 Å². The molecule has 0 saturated carbocycles. The maximum absolute atomic E-state index is 13.5. The molecule has 0 fully saturated rings. The number of aliphatic hydroxyl groups excluding tert-OH is 1. The number of aliphatic hydroxyl groups is 1. The zero-order chi connectivity index (χ0) is 12.3. The van der Waals surface area contributed by atoms with Crippen LogP contribution in [0.15, 0.2) is 53.0 Å². The first kappa shape index (κ1) is 12.3. The molecule has 1 N–H and O–H groups in total. The Balaban J connectivity index is 2.18. The second-order valence-electron chi connectivity index (χ2n) is 3.87. The maximum atomic E-state index is 13.5. The zero-order valence-corrected chi connectivity index (χ0v) is 10.7. The van der Waals surface area contributed by atoms with Gasteiger partial charge in [0.05, 0.1) is 6.10 Å². The van der Waals surface area contributed by atoms with Gasteiger partial charge in [-0.25, -0.2) is 4.39 Å². The van der Waals surface area contributed by atoms with Gasteiger partial charge in [0, 0.05) is 10.9 Å². The lowest BCUT2D eigenvalue weighted by atomic mass is 10.0. The summed E-state index contributed by atoms with van der Waals surface area (Å²) in [7, 11) is 0. The molecule has 0 aliphatic rings. The zero-order valence-electron chi connectivity index (χ0n) is 9.11. The van der Waals surface area contributed by atoms with E-state index < -0.39 is 6.10 Å². The van der Waals surface area contributed by atoms with Gasteiger partial charge in [0.15, 0.2) is 0 Å². The molecule has 0 radical (unpaired) electrons. The fourth-order valence-electron chi connectivity index (χ4n) is 1.70. The molecular formula is C14H12BrFO. The monoisotopic (exact) mass is 294 g/mol.